The van der Waals surface area contributed by atoms with Crippen molar-refractivity contribution in [3.8, 4) is 17.6 Å². The van der Waals surface area contributed by atoms with Crippen molar-refractivity contribution in [2.75, 3.05) is 0 Å². The van der Waals surface area contributed by atoms with Crippen LogP contribution in [0.2, 0.25) is 0 Å². The van der Waals surface area contributed by atoms with Crippen LogP contribution in [0.25, 0.3) is 5.69 Å². The molecular weight excluding hydrogens is 348 g/mol. The SMILES string of the molecule is Cc1nn(-c2ccccc2)c2c1C1(CCCc3ccccc31)C(C#N)=C(N)O2. The average Bonchev–Trinajstić information content (AvgIpc) is 3.06. The van der Waals surface area contributed by atoms with Crippen molar-refractivity contribution in [3.63, 3.8) is 0 Å². The van der Waals surface area contributed by atoms with Gasteiger partial charge < -0.3 is 10.5 Å². The van der Waals surface area contributed by atoms with Gasteiger partial charge in [0.25, 0.3) is 0 Å². The summed E-state index contributed by atoms with van der Waals surface area (Å²) in [5, 5.41) is 14.8. The summed E-state index contributed by atoms with van der Waals surface area (Å²) >= 11 is 0. The Balaban J connectivity index is 1.86. The maximum absolute atomic E-state index is 10.0. The molecule has 0 saturated heterocycles. The van der Waals surface area contributed by atoms with Crippen LogP contribution in [0.3, 0.4) is 0 Å². The molecule has 0 radical (unpaired) electrons. The predicted octanol–water partition coefficient (Wildman–Crippen LogP) is 3.89. The van der Waals surface area contributed by atoms with Crippen LogP contribution in [0.5, 0.6) is 5.88 Å². The van der Waals surface area contributed by atoms with Crippen molar-refractivity contribution < 1.29 is 4.74 Å². The Morgan fingerprint density at radius 1 is 1.14 bits per heavy atom. The second kappa shape index (κ2) is 6.00. The number of benzene rings is 2. The predicted molar refractivity (Wildman–Crippen MR) is 106 cm³/mol. The van der Waals surface area contributed by atoms with Crippen molar-refractivity contribution in [3.05, 3.63) is 88.4 Å². The van der Waals surface area contributed by atoms with E-state index in [1.807, 2.05) is 43.3 Å². The average molecular weight is 368 g/mol. The number of nitriles is 1. The third kappa shape index (κ3) is 2.09. The Hall–Kier alpha value is -3.52. The third-order valence-corrected chi connectivity index (χ3v) is 5.91. The van der Waals surface area contributed by atoms with E-state index in [-0.39, 0.29) is 5.88 Å². The molecule has 0 fully saturated rings. The first kappa shape index (κ1) is 16.6. The zero-order chi connectivity index (χ0) is 19.3. The van der Waals surface area contributed by atoms with Gasteiger partial charge in [-0.1, -0.05) is 42.5 Å². The number of ether oxygens (including phenoxy) is 1. The van der Waals surface area contributed by atoms with Gasteiger partial charge in [0.1, 0.15) is 11.6 Å². The van der Waals surface area contributed by atoms with Crippen LogP contribution in [0.4, 0.5) is 0 Å². The van der Waals surface area contributed by atoms with E-state index in [4.69, 9.17) is 15.6 Å². The van der Waals surface area contributed by atoms with E-state index in [1.54, 1.807) is 4.68 Å². The summed E-state index contributed by atoms with van der Waals surface area (Å²) in [4.78, 5) is 0. The van der Waals surface area contributed by atoms with Crippen LogP contribution in [0, 0.1) is 18.3 Å². The maximum Gasteiger partial charge on any atom is 0.229 e. The van der Waals surface area contributed by atoms with Crippen LogP contribution < -0.4 is 10.5 Å². The van der Waals surface area contributed by atoms with Crippen LogP contribution in [0.15, 0.2) is 66.1 Å². The van der Waals surface area contributed by atoms with Crippen molar-refractivity contribution in [2.45, 2.75) is 31.6 Å². The fourth-order valence-electron chi connectivity index (χ4n) is 4.83. The molecule has 138 valence electrons. The van der Waals surface area contributed by atoms with Gasteiger partial charge in [0.05, 0.1) is 22.4 Å². The molecule has 5 nitrogen and oxygen atoms in total. The molecule has 1 aliphatic heterocycles. The highest BCUT2D eigenvalue weighted by Gasteiger charge is 2.50. The number of rotatable bonds is 1. The molecule has 2 N–H and O–H groups in total. The molecule has 2 heterocycles. The van der Waals surface area contributed by atoms with Gasteiger partial charge in [-0.3, -0.25) is 0 Å². The molecule has 1 spiro atoms. The number of aromatic nitrogens is 2. The summed E-state index contributed by atoms with van der Waals surface area (Å²) in [6, 6.07) is 20.6. The first-order valence-electron chi connectivity index (χ1n) is 9.49. The second-order valence-corrected chi connectivity index (χ2v) is 7.38. The van der Waals surface area contributed by atoms with E-state index >= 15 is 0 Å². The molecule has 5 rings (SSSR count). The normalized spacial score (nSPS) is 20.3. The molecule has 2 aromatic carbocycles. The number of hydrogen-bond donors (Lipinski definition) is 1. The topological polar surface area (TPSA) is 76.9 Å². The number of nitrogens with two attached hydrogens (primary N) is 1. The molecule has 2 aliphatic rings. The number of nitrogens with zero attached hydrogens (tertiary/aromatic N) is 3. The lowest BCUT2D eigenvalue weighted by Crippen LogP contribution is -2.40. The molecule has 5 heteroatoms. The summed E-state index contributed by atoms with van der Waals surface area (Å²) in [5.41, 5.74) is 11.3. The molecule has 1 atom stereocenters. The number of hydrogen-bond acceptors (Lipinski definition) is 4. The lowest BCUT2D eigenvalue weighted by molar-refractivity contribution is 0.334. The minimum atomic E-state index is -0.613. The van der Waals surface area contributed by atoms with Gasteiger partial charge in [-0.2, -0.15) is 10.4 Å². The maximum atomic E-state index is 10.0. The Kier molecular flexibility index (Phi) is 3.56. The van der Waals surface area contributed by atoms with E-state index in [2.05, 4.69) is 24.3 Å². The smallest absolute Gasteiger partial charge is 0.229 e. The summed E-state index contributed by atoms with van der Waals surface area (Å²) in [5.74, 6) is 0.778. The number of fused-ring (bicyclic) bond motifs is 4. The van der Waals surface area contributed by atoms with Gasteiger partial charge in [-0.05, 0) is 49.4 Å². The zero-order valence-electron chi connectivity index (χ0n) is 15.6. The van der Waals surface area contributed by atoms with Crippen molar-refractivity contribution in [1.29, 1.82) is 5.26 Å². The van der Waals surface area contributed by atoms with Crippen molar-refractivity contribution in [2.24, 2.45) is 5.73 Å². The van der Waals surface area contributed by atoms with Gasteiger partial charge in [-0.25, -0.2) is 4.68 Å². The highest BCUT2D eigenvalue weighted by atomic mass is 16.5. The second-order valence-electron chi connectivity index (χ2n) is 7.38. The van der Waals surface area contributed by atoms with Crippen molar-refractivity contribution >= 4 is 0 Å². The standard InChI is InChI=1S/C23H20N4O/c1-15-20-22(27(26-15)17-10-3-2-4-11-17)28-21(25)19(14-24)23(20)13-7-9-16-8-5-6-12-18(16)23/h2-6,8,10-12H,7,9,13,25H2,1H3. The van der Waals surface area contributed by atoms with Crippen LogP contribution in [-0.4, -0.2) is 9.78 Å². The molecule has 1 unspecified atom stereocenters. The van der Waals surface area contributed by atoms with E-state index < -0.39 is 5.41 Å². The first-order valence-corrected chi connectivity index (χ1v) is 9.49. The number of allylic oxidation sites excluding steroid dienone is 1. The number of aryl methyl sites for hydroxylation is 2. The highest BCUT2D eigenvalue weighted by molar-refractivity contribution is 5.64. The fourth-order valence-corrected chi connectivity index (χ4v) is 4.83. The van der Waals surface area contributed by atoms with Gasteiger partial charge >= 0.3 is 0 Å². The first-order chi connectivity index (χ1) is 13.7. The Bertz CT molecular complexity index is 1150. The van der Waals surface area contributed by atoms with E-state index in [0.717, 1.165) is 41.8 Å². The highest BCUT2D eigenvalue weighted by Crippen LogP contribution is 2.54. The molecule has 1 aromatic heterocycles. The van der Waals surface area contributed by atoms with E-state index in [0.29, 0.717) is 11.5 Å². The van der Waals surface area contributed by atoms with Crippen LogP contribution in [-0.2, 0) is 11.8 Å². The largest absolute Gasteiger partial charge is 0.422 e. The molecule has 0 bridgehead atoms. The lowest BCUT2D eigenvalue weighted by atomic mass is 9.61. The molecule has 28 heavy (non-hydrogen) atoms. The Morgan fingerprint density at radius 2 is 1.89 bits per heavy atom. The molecule has 1 aliphatic carbocycles. The molecule has 0 amide bonds. The van der Waals surface area contributed by atoms with E-state index in [1.165, 1.54) is 5.56 Å². The summed E-state index contributed by atoms with van der Waals surface area (Å²) in [7, 11) is 0. The third-order valence-electron chi connectivity index (χ3n) is 5.91. The number of para-hydroxylation sites is 1. The fraction of sp³-hybridized carbons (Fsp3) is 0.217. The minimum absolute atomic E-state index is 0.170. The van der Waals surface area contributed by atoms with Gasteiger partial charge in [0.15, 0.2) is 0 Å². The Morgan fingerprint density at radius 3 is 2.68 bits per heavy atom. The van der Waals surface area contributed by atoms with Gasteiger partial charge in [-0.15, -0.1) is 0 Å². The zero-order valence-corrected chi connectivity index (χ0v) is 15.6. The van der Waals surface area contributed by atoms with E-state index in [9.17, 15) is 5.26 Å². The summed E-state index contributed by atoms with van der Waals surface area (Å²) in [6.07, 6.45) is 2.79. The van der Waals surface area contributed by atoms with Gasteiger partial charge in [0, 0.05) is 0 Å². The summed E-state index contributed by atoms with van der Waals surface area (Å²) in [6.45, 7) is 1.98. The van der Waals surface area contributed by atoms with Crippen molar-refractivity contribution in [1.82, 2.24) is 9.78 Å². The van der Waals surface area contributed by atoms with Crippen LogP contribution in [0.1, 0.15) is 35.2 Å². The molecule has 0 saturated carbocycles. The monoisotopic (exact) mass is 368 g/mol. The molecule has 3 aromatic rings. The van der Waals surface area contributed by atoms with Gasteiger partial charge in [0.2, 0.25) is 11.8 Å². The summed E-state index contributed by atoms with van der Waals surface area (Å²) < 4.78 is 7.82. The lowest BCUT2D eigenvalue weighted by Gasteiger charge is -2.41. The quantitative estimate of drug-likeness (QED) is 0.707. The molecular formula is C23H20N4O. The minimum Gasteiger partial charge on any atom is -0.422 e. The van der Waals surface area contributed by atoms with Crippen LogP contribution >= 0.6 is 0 Å². The Labute approximate surface area is 163 Å².